The van der Waals surface area contributed by atoms with Crippen LogP contribution in [-0.2, 0) is 0 Å². The van der Waals surface area contributed by atoms with Crippen LogP contribution in [0.25, 0.3) is 0 Å². The number of nitro groups is 1. The Bertz CT molecular complexity index is 312. The molecule has 4 heteroatoms. The van der Waals surface area contributed by atoms with Crippen LogP contribution >= 0.6 is 0 Å². The maximum Gasteiger partial charge on any atom is 0.269 e. The molecule has 1 N–H and O–H groups in total. The summed E-state index contributed by atoms with van der Waals surface area (Å²) >= 11 is 0. The number of nitro benzene ring substituents is 1. The van der Waals surface area contributed by atoms with Crippen LogP contribution in [-0.4, -0.2) is 12.0 Å². The van der Waals surface area contributed by atoms with Gasteiger partial charge >= 0.3 is 0 Å². The average molecular weight is 180 g/mol. The lowest BCUT2D eigenvalue weighted by atomic mass is 10.1. The largest absolute Gasteiger partial charge is 0.313 e. The van der Waals surface area contributed by atoms with E-state index in [9.17, 15) is 10.1 Å². The van der Waals surface area contributed by atoms with Gasteiger partial charge in [-0.2, -0.15) is 0 Å². The fourth-order valence-corrected chi connectivity index (χ4v) is 1.07. The molecular formula is C9H12N2O2. The van der Waals surface area contributed by atoms with E-state index in [0.29, 0.717) is 0 Å². The molecule has 0 aliphatic rings. The standard InChI is InChI=1S/C9H12N2O2/c1-7(10-2)8-4-3-5-9(6-8)11(12)13/h3-7,10H,1-2H3/t7-/m1/s1. The highest BCUT2D eigenvalue weighted by atomic mass is 16.6. The third kappa shape index (κ3) is 2.26. The first-order valence-electron chi connectivity index (χ1n) is 4.06. The number of non-ortho nitro benzene ring substituents is 1. The van der Waals surface area contributed by atoms with Crippen LogP contribution in [0, 0.1) is 10.1 Å². The third-order valence-corrected chi connectivity index (χ3v) is 2.01. The summed E-state index contributed by atoms with van der Waals surface area (Å²) in [6, 6.07) is 6.78. The second kappa shape index (κ2) is 4.00. The second-order valence-electron chi connectivity index (χ2n) is 2.86. The number of hydrogen-bond acceptors (Lipinski definition) is 3. The summed E-state index contributed by atoms with van der Waals surface area (Å²) in [4.78, 5) is 10.1. The smallest absolute Gasteiger partial charge is 0.269 e. The van der Waals surface area contributed by atoms with Gasteiger partial charge in [0.25, 0.3) is 5.69 Å². The van der Waals surface area contributed by atoms with Gasteiger partial charge in [0, 0.05) is 18.2 Å². The summed E-state index contributed by atoms with van der Waals surface area (Å²) < 4.78 is 0. The molecule has 70 valence electrons. The Balaban J connectivity index is 2.98. The molecule has 1 aromatic rings. The van der Waals surface area contributed by atoms with Gasteiger partial charge < -0.3 is 5.32 Å². The van der Waals surface area contributed by atoms with Gasteiger partial charge in [0.05, 0.1) is 4.92 Å². The van der Waals surface area contributed by atoms with Crippen LogP contribution in [0.2, 0.25) is 0 Å². The predicted molar refractivity (Wildman–Crippen MR) is 50.6 cm³/mol. The highest BCUT2D eigenvalue weighted by molar-refractivity contribution is 5.35. The lowest BCUT2D eigenvalue weighted by Crippen LogP contribution is -2.12. The minimum atomic E-state index is -0.383. The molecule has 1 rings (SSSR count). The molecule has 1 atom stereocenters. The Kier molecular flexibility index (Phi) is 2.97. The SMILES string of the molecule is CN[C@H](C)c1cccc([N+](=O)[O-])c1. The van der Waals surface area contributed by atoms with Gasteiger partial charge in [0.2, 0.25) is 0 Å². The Morgan fingerprint density at radius 2 is 2.23 bits per heavy atom. The molecule has 0 aromatic heterocycles. The molecule has 0 unspecified atom stereocenters. The molecule has 0 aliphatic heterocycles. The monoisotopic (exact) mass is 180 g/mol. The van der Waals surface area contributed by atoms with E-state index in [2.05, 4.69) is 5.32 Å². The van der Waals surface area contributed by atoms with Gasteiger partial charge in [0.15, 0.2) is 0 Å². The molecule has 0 fully saturated rings. The number of benzene rings is 1. The van der Waals surface area contributed by atoms with Crippen LogP contribution in [0.4, 0.5) is 5.69 Å². The van der Waals surface area contributed by atoms with Gasteiger partial charge in [0.1, 0.15) is 0 Å². The Morgan fingerprint density at radius 1 is 1.54 bits per heavy atom. The molecule has 1 aromatic carbocycles. The molecule has 0 bridgehead atoms. The highest BCUT2D eigenvalue weighted by Gasteiger charge is 2.08. The Hall–Kier alpha value is -1.42. The topological polar surface area (TPSA) is 55.2 Å². The predicted octanol–water partition coefficient (Wildman–Crippen LogP) is 1.88. The number of hydrogen-bond donors (Lipinski definition) is 1. The van der Waals surface area contributed by atoms with E-state index in [-0.39, 0.29) is 16.7 Å². The van der Waals surface area contributed by atoms with E-state index >= 15 is 0 Å². The van der Waals surface area contributed by atoms with E-state index in [1.54, 1.807) is 12.1 Å². The summed E-state index contributed by atoms with van der Waals surface area (Å²) in [5.74, 6) is 0. The maximum absolute atomic E-state index is 10.4. The zero-order valence-corrected chi connectivity index (χ0v) is 7.65. The summed E-state index contributed by atoms with van der Waals surface area (Å²) in [7, 11) is 1.82. The van der Waals surface area contributed by atoms with Crippen molar-refractivity contribution in [2.24, 2.45) is 0 Å². The first kappa shape index (κ1) is 9.67. The van der Waals surface area contributed by atoms with E-state index in [0.717, 1.165) is 5.56 Å². The maximum atomic E-state index is 10.4. The Morgan fingerprint density at radius 3 is 2.77 bits per heavy atom. The van der Waals surface area contributed by atoms with Crippen LogP contribution < -0.4 is 5.32 Å². The molecule has 4 nitrogen and oxygen atoms in total. The van der Waals surface area contributed by atoms with Crippen LogP contribution in [0.15, 0.2) is 24.3 Å². The van der Waals surface area contributed by atoms with E-state index in [1.807, 2.05) is 20.0 Å². The van der Waals surface area contributed by atoms with Gasteiger partial charge in [-0.15, -0.1) is 0 Å². The molecule has 0 saturated carbocycles. The van der Waals surface area contributed by atoms with Crippen LogP contribution in [0.1, 0.15) is 18.5 Å². The van der Waals surface area contributed by atoms with Crippen molar-refractivity contribution >= 4 is 5.69 Å². The number of rotatable bonds is 3. The minimum absolute atomic E-state index is 0.139. The lowest BCUT2D eigenvalue weighted by Gasteiger charge is -2.09. The molecule has 0 heterocycles. The molecule has 0 saturated heterocycles. The molecule has 13 heavy (non-hydrogen) atoms. The van der Waals surface area contributed by atoms with Gasteiger partial charge in [-0.05, 0) is 19.5 Å². The van der Waals surface area contributed by atoms with Crippen molar-refractivity contribution in [3.63, 3.8) is 0 Å². The van der Waals surface area contributed by atoms with Gasteiger partial charge in [-0.3, -0.25) is 10.1 Å². The summed E-state index contributed by atoms with van der Waals surface area (Å²) in [5.41, 5.74) is 1.07. The van der Waals surface area contributed by atoms with Crippen LogP contribution in [0.5, 0.6) is 0 Å². The number of nitrogens with zero attached hydrogens (tertiary/aromatic N) is 1. The fourth-order valence-electron chi connectivity index (χ4n) is 1.07. The van der Waals surface area contributed by atoms with Crippen molar-refractivity contribution in [2.75, 3.05) is 7.05 Å². The van der Waals surface area contributed by atoms with E-state index < -0.39 is 0 Å². The summed E-state index contributed by atoms with van der Waals surface area (Å²) in [6.45, 7) is 1.96. The van der Waals surface area contributed by atoms with Crippen molar-refractivity contribution in [1.29, 1.82) is 0 Å². The number of nitrogens with one attached hydrogen (secondary N) is 1. The highest BCUT2D eigenvalue weighted by Crippen LogP contribution is 2.18. The first-order chi connectivity index (χ1) is 6.15. The zero-order chi connectivity index (χ0) is 9.84. The normalized spacial score (nSPS) is 12.5. The third-order valence-electron chi connectivity index (χ3n) is 2.01. The first-order valence-corrected chi connectivity index (χ1v) is 4.06. The fraction of sp³-hybridized carbons (Fsp3) is 0.333. The van der Waals surface area contributed by atoms with Gasteiger partial charge in [-0.1, -0.05) is 12.1 Å². The van der Waals surface area contributed by atoms with Gasteiger partial charge in [-0.25, -0.2) is 0 Å². The molecule has 0 radical (unpaired) electrons. The molecule has 0 spiro atoms. The molecule has 0 aliphatic carbocycles. The molecular weight excluding hydrogens is 168 g/mol. The van der Waals surface area contributed by atoms with E-state index in [4.69, 9.17) is 0 Å². The van der Waals surface area contributed by atoms with Crippen molar-refractivity contribution < 1.29 is 4.92 Å². The van der Waals surface area contributed by atoms with E-state index in [1.165, 1.54) is 6.07 Å². The van der Waals surface area contributed by atoms with Crippen molar-refractivity contribution in [3.8, 4) is 0 Å². The van der Waals surface area contributed by atoms with Crippen molar-refractivity contribution in [3.05, 3.63) is 39.9 Å². The van der Waals surface area contributed by atoms with Crippen molar-refractivity contribution in [2.45, 2.75) is 13.0 Å². The lowest BCUT2D eigenvalue weighted by molar-refractivity contribution is -0.384. The van der Waals surface area contributed by atoms with Crippen LogP contribution in [0.3, 0.4) is 0 Å². The molecule has 0 amide bonds. The zero-order valence-electron chi connectivity index (χ0n) is 7.65. The minimum Gasteiger partial charge on any atom is -0.313 e. The second-order valence-corrected chi connectivity index (χ2v) is 2.86. The van der Waals surface area contributed by atoms with Crippen molar-refractivity contribution in [1.82, 2.24) is 5.32 Å². The quantitative estimate of drug-likeness (QED) is 0.570. The Labute approximate surface area is 76.7 Å². The summed E-state index contributed by atoms with van der Waals surface area (Å²) in [6.07, 6.45) is 0. The summed E-state index contributed by atoms with van der Waals surface area (Å²) in [5, 5.41) is 13.5. The average Bonchev–Trinajstić information content (AvgIpc) is 2.17.